The van der Waals surface area contributed by atoms with E-state index in [-0.39, 0.29) is 47.3 Å². The van der Waals surface area contributed by atoms with Crippen molar-refractivity contribution in [1.29, 1.82) is 0 Å². The molecule has 9 heteroatoms. The third kappa shape index (κ3) is 4.92. The Morgan fingerprint density at radius 1 is 0.794 bits per heavy atom. The highest BCUT2D eigenvalue weighted by atomic mass is 32.2. The van der Waals surface area contributed by atoms with E-state index >= 15 is 0 Å². The van der Waals surface area contributed by atoms with Crippen LogP contribution in [0.5, 0.6) is 0 Å². The van der Waals surface area contributed by atoms with Crippen molar-refractivity contribution >= 4 is 27.7 Å². The first-order valence-electron chi connectivity index (χ1n) is 13.5. The molecule has 8 nitrogen and oxygen atoms in total. The van der Waals surface area contributed by atoms with Crippen molar-refractivity contribution in [3.05, 3.63) is 0 Å². The Balaban J connectivity index is 1.14. The van der Waals surface area contributed by atoms with Gasteiger partial charge in [0.1, 0.15) is 6.04 Å². The van der Waals surface area contributed by atoms with E-state index in [2.05, 4.69) is 10.0 Å². The summed E-state index contributed by atoms with van der Waals surface area (Å²) in [6.07, 6.45) is 12.8. The summed E-state index contributed by atoms with van der Waals surface area (Å²) >= 11 is 0. The van der Waals surface area contributed by atoms with Gasteiger partial charge in [-0.1, -0.05) is 32.1 Å². The predicted octanol–water partition coefficient (Wildman–Crippen LogP) is 2.48. The van der Waals surface area contributed by atoms with Crippen molar-refractivity contribution < 1.29 is 22.8 Å². The lowest BCUT2D eigenvalue weighted by Gasteiger charge is -2.36. The quantitative estimate of drug-likeness (QED) is 0.572. The maximum absolute atomic E-state index is 13.2. The predicted molar refractivity (Wildman–Crippen MR) is 127 cm³/mol. The molecule has 0 aromatic rings. The molecular weight excluding hydrogens is 454 g/mol. The lowest BCUT2D eigenvalue weighted by molar-refractivity contribution is -0.144. The zero-order valence-corrected chi connectivity index (χ0v) is 20.9. The van der Waals surface area contributed by atoms with E-state index in [9.17, 15) is 22.8 Å². The second-order valence-corrected chi connectivity index (χ2v) is 13.4. The topological polar surface area (TPSA) is 113 Å². The van der Waals surface area contributed by atoms with Gasteiger partial charge in [-0.15, -0.1) is 0 Å². The highest BCUT2D eigenvalue weighted by molar-refractivity contribution is 7.90. The van der Waals surface area contributed by atoms with Gasteiger partial charge < -0.3 is 4.90 Å². The normalized spacial score (nSPS) is 38.0. The maximum atomic E-state index is 13.2. The Morgan fingerprint density at radius 3 is 2.21 bits per heavy atom. The molecule has 34 heavy (non-hydrogen) atoms. The zero-order chi connectivity index (χ0) is 23.9. The Kier molecular flexibility index (Phi) is 7.04. The van der Waals surface area contributed by atoms with Crippen LogP contribution in [-0.4, -0.2) is 54.9 Å². The molecule has 4 unspecified atom stereocenters. The molecule has 3 saturated carbocycles. The number of carbonyl (C=O) groups excluding carboxylic acids is 3. The number of imide groups is 1. The fourth-order valence-electron chi connectivity index (χ4n) is 7.52. The number of rotatable bonds is 5. The molecule has 3 aliphatic carbocycles. The summed E-state index contributed by atoms with van der Waals surface area (Å²) in [6.45, 7) is 0.473. The van der Waals surface area contributed by atoms with Crippen LogP contribution in [0.15, 0.2) is 0 Å². The van der Waals surface area contributed by atoms with E-state index in [0.29, 0.717) is 38.1 Å². The number of likely N-dealkylation sites (tertiary alicyclic amines) is 1. The molecule has 0 spiro atoms. The van der Waals surface area contributed by atoms with Crippen molar-refractivity contribution in [3.8, 4) is 0 Å². The molecule has 4 atom stereocenters. The van der Waals surface area contributed by atoms with Crippen molar-refractivity contribution in [2.24, 2.45) is 23.7 Å². The minimum absolute atomic E-state index is 0.0122. The summed E-state index contributed by atoms with van der Waals surface area (Å²) < 4.78 is 29.4. The molecule has 5 fully saturated rings. The first-order chi connectivity index (χ1) is 16.3. The number of sulfonamides is 1. The van der Waals surface area contributed by atoms with Gasteiger partial charge in [0.25, 0.3) is 0 Å². The van der Waals surface area contributed by atoms with E-state index in [4.69, 9.17) is 0 Å². The zero-order valence-electron chi connectivity index (χ0n) is 20.0. The van der Waals surface area contributed by atoms with Crippen LogP contribution in [0.25, 0.3) is 0 Å². The van der Waals surface area contributed by atoms with Gasteiger partial charge in [-0.3, -0.25) is 19.7 Å². The number of nitrogens with zero attached hydrogens (tertiary/aromatic N) is 1. The number of carbonyl (C=O) groups is 3. The molecular formula is C25H39N3O5S. The molecule has 2 aliphatic heterocycles. The second-order valence-electron chi connectivity index (χ2n) is 11.4. The minimum atomic E-state index is -3.38. The highest BCUT2D eigenvalue weighted by Gasteiger charge is 2.49. The van der Waals surface area contributed by atoms with Crippen molar-refractivity contribution in [2.75, 3.05) is 6.54 Å². The molecule has 0 radical (unpaired) electrons. The number of nitrogens with one attached hydrogen (secondary N) is 2. The Morgan fingerprint density at radius 2 is 1.50 bits per heavy atom. The van der Waals surface area contributed by atoms with Crippen LogP contribution in [0.3, 0.4) is 0 Å². The van der Waals surface area contributed by atoms with Crippen molar-refractivity contribution in [3.63, 3.8) is 0 Å². The van der Waals surface area contributed by atoms with Gasteiger partial charge in [-0.25, -0.2) is 13.1 Å². The molecule has 0 aromatic heterocycles. The summed E-state index contributed by atoms with van der Waals surface area (Å²) in [7, 11) is -3.38. The summed E-state index contributed by atoms with van der Waals surface area (Å²) in [5, 5.41) is 2.05. The Hall–Kier alpha value is -1.48. The molecule has 3 amide bonds. The van der Waals surface area contributed by atoms with E-state index in [1.165, 1.54) is 32.1 Å². The third-order valence-corrected chi connectivity index (χ3v) is 11.4. The molecule has 5 aliphatic rings. The van der Waals surface area contributed by atoms with Gasteiger partial charge in [0, 0.05) is 24.9 Å². The number of fused-ring (bicyclic) bond motifs is 1. The van der Waals surface area contributed by atoms with E-state index < -0.39 is 16.1 Å². The van der Waals surface area contributed by atoms with Crippen LogP contribution >= 0.6 is 0 Å². The van der Waals surface area contributed by atoms with Crippen LogP contribution in [-0.2, 0) is 24.4 Å². The Labute approximate surface area is 203 Å². The largest absolute Gasteiger partial charge is 0.330 e. The number of amides is 3. The number of piperidine rings is 1. The van der Waals surface area contributed by atoms with Crippen LogP contribution in [0.4, 0.5) is 0 Å². The van der Waals surface area contributed by atoms with Gasteiger partial charge >= 0.3 is 0 Å². The molecule has 2 heterocycles. The van der Waals surface area contributed by atoms with Gasteiger partial charge in [-0.05, 0) is 69.1 Å². The number of hydrogen-bond acceptors (Lipinski definition) is 5. The Bertz CT molecular complexity index is 908. The average Bonchev–Trinajstić information content (AvgIpc) is 3.15. The smallest absolute Gasteiger partial charge is 0.249 e. The van der Waals surface area contributed by atoms with Gasteiger partial charge in [0.05, 0.1) is 5.25 Å². The molecule has 5 rings (SSSR count). The summed E-state index contributed by atoms with van der Waals surface area (Å²) in [5.41, 5.74) is 0. The fraction of sp³-hybridized carbons (Fsp3) is 0.880. The fourth-order valence-corrected chi connectivity index (χ4v) is 9.28. The first kappa shape index (κ1) is 24.2. The van der Waals surface area contributed by atoms with Crippen molar-refractivity contribution in [2.45, 2.75) is 107 Å². The minimum Gasteiger partial charge on any atom is -0.330 e. The summed E-state index contributed by atoms with van der Waals surface area (Å²) in [6, 6.07) is -0.720. The first-order valence-corrected chi connectivity index (χ1v) is 15.0. The summed E-state index contributed by atoms with van der Waals surface area (Å²) in [5.74, 6) is 0.732. The molecule has 0 bridgehead atoms. The van der Waals surface area contributed by atoms with Crippen molar-refractivity contribution in [1.82, 2.24) is 14.9 Å². The summed E-state index contributed by atoms with van der Waals surface area (Å²) in [4.78, 5) is 38.4. The maximum Gasteiger partial charge on any atom is 0.249 e. The van der Waals surface area contributed by atoms with E-state index in [0.717, 1.165) is 31.6 Å². The molecule has 190 valence electrons. The highest BCUT2D eigenvalue weighted by Crippen LogP contribution is 2.41. The van der Waals surface area contributed by atoms with Crippen LogP contribution < -0.4 is 10.0 Å². The van der Waals surface area contributed by atoms with Crippen LogP contribution in [0.1, 0.15) is 89.9 Å². The molecule has 0 aromatic carbocycles. The third-order valence-electron chi connectivity index (χ3n) is 9.41. The monoisotopic (exact) mass is 493 g/mol. The van der Waals surface area contributed by atoms with Gasteiger partial charge in [0.15, 0.2) is 0 Å². The lowest BCUT2D eigenvalue weighted by Crippen LogP contribution is -2.53. The average molecular weight is 494 g/mol. The van der Waals surface area contributed by atoms with Crippen LogP contribution in [0, 0.1) is 23.7 Å². The SMILES string of the molecule is O=C1CCC(N2CC3CC(NS(=O)(=O)C4CCC(C5CCCCC5)CC4)CCC3C2=O)C(=O)N1. The molecule has 2 saturated heterocycles. The molecule has 2 N–H and O–H groups in total. The van der Waals surface area contributed by atoms with Gasteiger partial charge in [0.2, 0.25) is 27.7 Å². The van der Waals surface area contributed by atoms with Crippen LogP contribution in [0.2, 0.25) is 0 Å². The standard InChI is InChI=1S/C25H39N3O5S/c29-23-13-12-22(24(30)26-23)28-15-18-14-19(8-11-21(18)25(28)31)27-34(32,33)20-9-6-17(7-10-20)16-4-2-1-3-5-16/h16-22,27H,1-15H2,(H,26,29,30). The number of hydrogen-bond donors (Lipinski definition) is 2. The van der Waals surface area contributed by atoms with E-state index in [1.54, 1.807) is 4.90 Å². The second kappa shape index (κ2) is 9.88. The van der Waals surface area contributed by atoms with Gasteiger partial charge in [-0.2, -0.15) is 0 Å². The van der Waals surface area contributed by atoms with E-state index in [1.807, 2.05) is 0 Å². The lowest BCUT2D eigenvalue weighted by atomic mass is 9.73.